The summed E-state index contributed by atoms with van der Waals surface area (Å²) >= 11 is 17.0. The summed E-state index contributed by atoms with van der Waals surface area (Å²) in [6.45, 7) is 48.0. The number of carbonyl (C=O) groups is 5. The first kappa shape index (κ1) is 116. The highest BCUT2D eigenvalue weighted by Gasteiger charge is 2.44. The maximum absolute atomic E-state index is 13.0. The van der Waals surface area contributed by atoms with E-state index in [0.29, 0.717) is 96.2 Å². The van der Waals surface area contributed by atoms with Crippen molar-refractivity contribution in [1.82, 2.24) is 77.3 Å². The number of fused-ring (bicyclic) bond motifs is 5. The molecule has 15 rings (SSSR count). The molecule has 784 valence electrons. The third-order valence-electron chi connectivity index (χ3n) is 24.6. The van der Waals surface area contributed by atoms with Crippen molar-refractivity contribution < 1.29 is 72.0 Å². The zero-order chi connectivity index (χ0) is 106. The van der Waals surface area contributed by atoms with E-state index in [1.807, 2.05) is 110 Å². The van der Waals surface area contributed by atoms with Gasteiger partial charge in [0.2, 0.25) is 59.3 Å². The van der Waals surface area contributed by atoms with E-state index < -0.39 is 72.6 Å². The summed E-state index contributed by atoms with van der Waals surface area (Å²) < 4.78 is 58.5. The number of hydrogen-bond donors (Lipinski definition) is 12. The quantitative estimate of drug-likeness (QED) is 0.0122. The highest BCUT2D eigenvalue weighted by Crippen LogP contribution is 2.52. The number of carbonyl (C=O) groups excluding carboxylic acids is 5. The molecular formula is C95H133ClI5N22O19P. The summed E-state index contributed by atoms with van der Waals surface area (Å²) in [6.07, 6.45) is 12.0. The molecule has 16 atom stereocenters. The number of ether oxygens (including phenoxy) is 5. The minimum absolute atomic E-state index is 0.0513. The molecule has 1 unspecified atom stereocenters. The Morgan fingerprint density at radius 1 is 0.455 bits per heavy atom. The lowest BCUT2D eigenvalue weighted by molar-refractivity contribution is -0.123. The third-order valence-corrected chi connectivity index (χ3v) is 31.1. The van der Waals surface area contributed by atoms with Gasteiger partial charge in [-0.05, 0) is 191 Å². The van der Waals surface area contributed by atoms with Crippen LogP contribution in [0.15, 0.2) is 50.2 Å². The van der Waals surface area contributed by atoms with E-state index in [9.17, 15) is 58.5 Å². The summed E-state index contributed by atoms with van der Waals surface area (Å²) in [4.78, 5) is 149. The molecule has 15 heterocycles. The van der Waals surface area contributed by atoms with Gasteiger partial charge in [-0.15, -0.1) is 0 Å². The van der Waals surface area contributed by atoms with Crippen LogP contribution in [0.3, 0.4) is 0 Å². The molecule has 10 aromatic rings. The smallest absolute Gasteiger partial charge is 0.262 e. The number of halogens is 6. The largest absolute Gasteiger partial charge is 0.394 e. The molecule has 0 bridgehead atoms. The Bertz CT molecular complexity index is 6230. The Hall–Kier alpha value is -6.93. The second kappa shape index (κ2) is 47.9. The van der Waals surface area contributed by atoms with Gasteiger partial charge in [-0.1, -0.05) is 157 Å². The number of hydrogen-bond acceptors (Lipinski definition) is 27. The van der Waals surface area contributed by atoms with Gasteiger partial charge in [-0.25, -0.2) is 4.67 Å². The van der Waals surface area contributed by atoms with Gasteiger partial charge in [0.15, 0.2) is 22.6 Å². The number of aliphatic hydroxyl groups is 3. The Morgan fingerprint density at radius 3 is 1.02 bits per heavy atom. The number of aromatic nitrogens is 15. The lowest BCUT2D eigenvalue weighted by Crippen LogP contribution is -2.35. The number of aromatic amines is 4. The molecule has 5 aliphatic rings. The molecule has 0 aliphatic carbocycles. The molecule has 12 N–H and O–H groups in total. The molecule has 5 aliphatic heterocycles. The van der Waals surface area contributed by atoms with Crippen molar-refractivity contribution in [2.45, 2.75) is 329 Å². The zero-order valence-corrected chi connectivity index (χ0v) is 97.5. The average Bonchev–Trinajstić information content (AvgIpc) is 1.73. The topological polar surface area (TPSA) is 531 Å². The summed E-state index contributed by atoms with van der Waals surface area (Å²) in [6, 6.07) is 2.50. The van der Waals surface area contributed by atoms with Crippen LogP contribution in [0.5, 0.6) is 0 Å². The number of nitriles is 1. The van der Waals surface area contributed by atoms with E-state index in [1.54, 1.807) is 83.8 Å². The van der Waals surface area contributed by atoms with E-state index >= 15 is 0 Å². The lowest BCUT2D eigenvalue weighted by atomic mass is 9.96. The molecule has 10 aromatic heterocycles. The number of nitrogens with zero attached hydrogens (tertiary/aromatic N) is 13. The number of anilines is 5. The fourth-order valence-electron chi connectivity index (χ4n) is 16.5. The summed E-state index contributed by atoms with van der Waals surface area (Å²) in [5, 5.41) is 54.8. The predicted molar refractivity (Wildman–Crippen MR) is 589 cm³/mol. The molecule has 5 saturated heterocycles. The first-order valence-corrected chi connectivity index (χ1v) is 54.7. The SMILES string of the molecule is CC(C)(C)C(=O)Nc1nc2c(c(I)cn2[C@H]2C[C@@H](O)[C@@H](CO)O2)c(=O)[nH]1.CC[C@H]1O[C@@H](n2cc(I)c3c(=O)[nH]c(NC(=O)C(C)(C)C)nc32)C[C@H]1C.CC[C@H]1O[C@@H](n2cc(I)c3c(=O)[nH]c(NC(=O)C(C)(C)C)nc32)C[C@H]1O.CC[C@H]1O[C@@H](n2cc(I)c3c(=O)[nH]c(NC(=O)C(C)(C)C)nc32)C[C@H]1OP(OCCC#N)N(C(C)C)C(C)C.CC[C@H]1O[C@@H](n2cc(I)c3c(Cl)nc(NC(=O)C(C)(C)C)nc32)C[C@H]1C. The number of nitrogens with one attached hydrogen (secondary N) is 9. The average molecular weight is 2590 g/mol. The number of rotatable bonds is 23. The molecule has 5 amide bonds. The zero-order valence-electron chi connectivity index (χ0n) is 85.1. The first-order chi connectivity index (χ1) is 66.7. The standard InChI is InChI=1S/C26H40IN6O5P.C18H24ClIN4O2.C18H25IN4O3.C17H23IN4O4.C16H21IN4O5/c1-9-18-19(38-39(36-12-10-11-28)33(15(2)3)16(4)5)13-20(37-18)32-14-17(27)21-22(32)29-25(30-23(21)34)31-24(35)26(6,7)8;1-6-11-9(2)7-12(26-11)24-8-10(20)13-14(19)21-17(22-15(13)24)23-16(25)18(3,4)5;1-6-11-9(2)7-12(26-11)23-8-10(19)13-14(23)20-17(21-15(13)24)22-16(25)18(3,4)5;1-5-10-9(23)6-11(26-10)22-7-8(18)12-13(22)19-16(20-14(12)24)21-15(25)17(2,3)4;1-16(2,3)14(25)20-15-18-12-11(13(24)19-15)7(17)5-21(12)10-4-8(23)9(6-22)26-10/h14-16,18-20H,9-10,12-13H2,1-8H3,(H2,29,30,31,34,35);8-9,11-12H,6-7H2,1-5H3,(H,21,22,23,25);8-9,11-12H,6-7H2,1-5H3,(H2,20,21,22,24,25);7,9-11,23H,5-6H2,1-4H3,(H2,19,20,21,24,25);5,8-10,22-23H,4,6H2,1-3H3,(H2,18,19,20,24,25)/t18-,19-,20-,39?;2*9-,11-,12-;9-,10-,11-;8-,9-,10-/m11111/s1. The summed E-state index contributed by atoms with van der Waals surface area (Å²) in [5.41, 5.74) is -1.89. The van der Waals surface area contributed by atoms with Gasteiger partial charge >= 0.3 is 0 Å². The van der Waals surface area contributed by atoms with Crippen LogP contribution in [-0.4, -0.2) is 196 Å². The van der Waals surface area contributed by atoms with Crippen molar-refractivity contribution in [2.24, 2.45) is 38.9 Å². The number of amides is 5. The van der Waals surface area contributed by atoms with Crippen molar-refractivity contribution >= 4 is 248 Å². The molecule has 0 aromatic carbocycles. The van der Waals surface area contributed by atoms with E-state index in [-0.39, 0.29) is 156 Å². The van der Waals surface area contributed by atoms with Crippen LogP contribution in [0.25, 0.3) is 55.2 Å². The molecule has 143 heavy (non-hydrogen) atoms. The summed E-state index contributed by atoms with van der Waals surface area (Å²) in [7, 11) is -1.43. The Morgan fingerprint density at radius 2 is 0.734 bits per heavy atom. The van der Waals surface area contributed by atoms with Crippen molar-refractivity contribution in [3.8, 4) is 6.07 Å². The van der Waals surface area contributed by atoms with Gasteiger partial charge in [0.1, 0.15) is 48.0 Å². The predicted octanol–water partition coefficient (Wildman–Crippen LogP) is 17.7. The molecular weight excluding hydrogens is 2450 g/mol. The van der Waals surface area contributed by atoms with Crippen molar-refractivity contribution in [3.05, 3.63) is 95.4 Å². The molecule has 0 spiro atoms. The highest BCUT2D eigenvalue weighted by atomic mass is 127. The lowest BCUT2D eigenvalue weighted by Gasteiger charge is -2.37. The van der Waals surface area contributed by atoms with Gasteiger partial charge in [0.25, 0.3) is 30.8 Å². The molecule has 0 saturated carbocycles. The minimum Gasteiger partial charge on any atom is -0.394 e. The Kier molecular flexibility index (Phi) is 39.0. The maximum Gasteiger partial charge on any atom is 0.262 e. The van der Waals surface area contributed by atoms with Gasteiger partial charge in [0.05, 0.1) is 95.4 Å². The minimum atomic E-state index is -1.43. The molecule has 48 heteroatoms. The van der Waals surface area contributed by atoms with Crippen LogP contribution >= 0.6 is 133 Å². The second-order valence-electron chi connectivity index (χ2n) is 41.9. The van der Waals surface area contributed by atoms with E-state index in [1.165, 1.54) is 0 Å². The normalized spacial score (nSPS) is 22.8. The van der Waals surface area contributed by atoms with Gasteiger partial charge in [0, 0.05) is 107 Å². The monoisotopic (exact) mass is 2590 g/mol. The highest BCUT2D eigenvalue weighted by molar-refractivity contribution is 14.1. The summed E-state index contributed by atoms with van der Waals surface area (Å²) in [5.74, 6) is 0.430. The molecule has 5 fully saturated rings. The van der Waals surface area contributed by atoms with Crippen molar-refractivity contribution in [1.29, 1.82) is 5.26 Å². The number of aliphatic hydroxyl groups excluding tert-OH is 3. The van der Waals surface area contributed by atoms with E-state index in [2.05, 4.69) is 233 Å². The molecule has 0 radical (unpaired) electrons. The fourth-order valence-corrected chi connectivity index (χ4v) is 22.6. The second-order valence-corrected chi connectivity index (χ2v) is 49.4. The maximum atomic E-state index is 13.0. The van der Waals surface area contributed by atoms with Gasteiger partial charge < -0.3 is 70.9 Å². The number of H-pyrrole nitrogens is 4. The van der Waals surface area contributed by atoms with E-state index in [0.717, 1.165) is 51.8 Å². The first-order valence-electron chi connectivity index (χ1n) is 47.8. The molecule has 41 nitrogen and oxygen atoms in total. The van der Waals surface area contributed by atoms with Crippen LogP contribution in [-0.2, 0) is 56.7 Å². The van der Waals surface area contributed by atoms with Crippen LogP contribution < -0.4 is 48.8 Å². The Labute approximate surface area is 903 Å². The van der Waals surface area contributed by atoms with Gasteiger partial charge in [-0.2, -0.15) is 35.2 Å². The van der Waals surface area contributed by atoms with Crippen LogP contribution in [0.1, 0.15) is 268 Å². The van der Waals surface area contributed by atoms with Crippen molar-refractivity contribution in [2.75, 3.05) is 39.8 Å². The van der Waals surface area contributed by atoms with Crippen LogP contribution in [0.4, 0.5) is 29.7 Å². The van der Waals surface area contributed by atoms with Crippen molar-refractivity contribution in [3.63, 3.8) is 0 Å². The fraction of sp³-hybridized carbons (Fsp3) is 0.621. The third kappa shape index (κ3) is 27.7. The van der Waals surface area contributed by atoms with Crippen LogP contribution in [0.2, 0.25) is 5.15 Å². The van der Waals surface area contributed by atoms with Crippen LogP contribution in [0, 0.1) is 68.1 Å². The Balaban J connectivity index is 0.000000172. The van der Waals surface area contributed by atoms with E-state index in [4.69, 9.17) is 49.6 Å². The van der Waals surface area contributed by atoms with Gasteiger partial charge in [-0.3, -0.25) is 89.7 Å².